The van der Waals surface area contributed by atoms with E-state index in [-0.39, 0.29) is 24.4 Å². The largest absolute Gasteiger partial charge is 0.352 e. The van der Waals surface area contributed by atoms with E-state index in [0.29, 0.717) is 12.0 Å². The summed E-state index contributed by atoms with van der Waals surface area (Å²) < 4.78 is 0. The summed E-state index contributed by atoms with van der Waals surface area (Å²) in [6.07, 6.45) is 8.78. The van der Waals surface area contributed by atoms with Crippen LogP contribution in [-0.4, -0.2) is 24.5 Å². The molecule has 2 rings (SSSR count). The molecule has 1 aliphatic carbocycles. The molecule has 2 unspecified atom stereocenters. The zero-order valence-corrected chi connectivity index (χ0v) is 11.5. The molecular formula is C13H25ClN2O. The minimum absolute atomic E-state index is 0. The minimum atomic E-state index is 0. The highest BCUT2D eigenvalue weighted by molar-refractivity contribution is 5.85. The van der Waals surface area contributed by atoms with E-state index in [2.05, 4.69) is 17.6 Å². The number of carbonyl (C=O) groups is 1. The molecule has 17 heavy (non-hydrogen) atoms. The predicted molar refractivity (Wildman–Crippen MR) is 72.5 cm³/mol. The lowest BCUT2D eigenvalue weighted by molar-refractivity contribution is -0.123. The number of hydrogen-bond donors (Lipinski definition) is 2. The Labute approximate surface area is 111 Å². The molecular weight excluding hydrogens is 236 g/mol. The van der Waals surface area contributed by atoms with Gasteiger partial charge in [-0.3, -0.25) is 4.79 Å². The fraction of sp³-hybridized carbons (Fsp3) is 0.923. The summed E-state index contributed by atoms with van der Waals surface area (Å²) in [6.45, 7) is 3.17. The standard InChI is InChI=1S/C13H24N2O.ClH/c1-10(11-6-3-2-4-7-11)15-13(16)12-8-5-9-14-12;/h10-12,14H,2-9H2,1H3,(H,15,16);1H. The molecule has 100 valence electrons. The van der Waals surface area contributed by atoms with Crippen molar-refractivity contribution in [1.29, 1.82) is 0 Å². The predicted octanol–water partition coefficient (Wildman–Crippen LogP) is 2.25. The average Bonchev–Trinajstić information content (AvgIpc) is 2.83. The van der Waals surface area contributed by atoms with Crippen molar-refractivity contribution in [2.24, 2.45) is 5.92 Å². The van der Waals surface area contributed by atoms with Crippen molar-refractivity contribution in [3.63, 3.8) is 0 Å². The fourth-order valence-corrected chi connectivity index (χ4v) is 2.99. The lowest BCUT2D eigenvalue weighted by atomic mass is 9.84. The van der Waals surface area contributed by atoms with E-state index in [9.17, 15) is 4.79 Å². The first-order chi connectivity index (χ1) is 7.77. The SMILES string of the molecule is CC(NC(=O)C1CCCN1)C1CCCCC1.Cl. The fourth-order valence-electron chi connectivity index (χ4n) is 2.99. The van der Waals surface area contributed by atoms with Gasteiger partial charge >= 0.3 is 0 Å². The summed E-state index contributed by atoms with van der Waals surface area (Å²) >= 11 is 0. The van der Waals surface area contributed by atoms with Gasteiger partial charge in [-0.15, -0.1) is 12.4 Å². The molecule has 4 heteroatoms. The monoisotopic (exact) mass is 260 g/mol. The Morgan fingerprint density at radius 3 is 2.47 bits per heavy atom. The Morgan fingerprint density at radius 1 is 1.18 bits per heavy atom. The molecule has 0 aromatic carbocycles. The Morgan fingerprint density at radius 2 is 1.88 bits per heavy atom. The summed E-state index contributed by atoms with van der Waals surface area (Å²) in [6, 6.07) is 0.432. The van der Waals surface area contributed by atoms with Crippen molar-refractivity contribution in [2.75, 3.05) is 6.54 Å². The van der Waals surface area contributed by atoms with Gasteiger partial charge in [0.1, 0.15) is 0 Å². The number of nitrogens with one attached hydrogen (secondary N) is 2. The molecule has 1 saturated heterocycles. The van der Waals surface area contributed by atoms with E-state index in [1.807, 2.05) is 0 Å². The molecule has 0 radical (unpaired) electrons. The quantitative estimate of drug-likeness (QED) is 0.817. The van der Waals surface area contributed by atoms with Gasteiger partial charge in [-0.1, -0.05) is 19.3 Å². The Hall–Kier alpha value is -0.280. The zero-order valence-electron chi connectivity index (χ0n) is 10.7. The van der Waals surface area contributed by atoms with Crippen molar-refractivity contribution in [1.82, 2.24) is 10.6 Å². The number of rotatable bonds is 3. The first-order valence-corrected chi connectivity index (χ1v) is 6.81. The van der Waals surface area contributed by atoms with Gasteiger partial charge in [0.05, 0.1) is 6.04 Å². The Bertz CT molecular complexity index is 236. The van der Waals surface area contributed by atoms with Gasteiger partial charge in [-0.05, 0) is 45.1 Å². The summed E-state index contributed by atoms with van der Waals surface area (Å²) in [5.41, 5.74) is 0. The molecule has 0 aromatic rings. The van der Waals surface area contributed by atoms with Gasteiger partial charge in [0.25, 0.3) is 0 Å². The highest BCUT2D eigenvalue weighted by atomic mass is 35.5. The molecule has 0 bridgehead atoms. The topological polar surface area (TPSA) is 41.1 Å². The maximum Gasteiger partial charge on any atom is 0.237 e. The Kier molecular flexibility index (Phi) is 6.28. The van der Waals surface area contributed by atoms with Gasteiger partial charge < -0.3 is 10.6 Å². The molecule has 0 spiro atoms. The molecule has 1 heterocycles. The van der Waals surface area contributed by atoms with Crippen molar-refractivity contribution in [3.05, 3.63) is 0 Å². The average molecular weight is 261 g/mol. The first kappa shape index (κ1) is 14.8. The molecule has 1 amide bonds. The maximum absolute atomic E-state index is 11.9. The third-order valence-electron chi connectivity index (χ3n) is 4.10. The maximum atomic E-state index is 11.9. The van der Waals surface area contributed by atoms with Gasteiger partial charge in [-0.2, -0.15) is 0 Å². The molecule has 2 atom stereocenters. The van der Waals surface area contributed by atoms with Crippen LogP contribution in [-0.2, 0) is 4.79 Å². The van der Waals surface area contributed by atoms with Crippen LogP contribution in [0.2, 0.25) is 0 Å². The summed E-state index contributed by atoms with van der Waals surface area (Å²) in [5.74, 6) is 0.926. The van der Waals surface area contributed by atoms with Crippen LogP contribution in [0.15, 0.2) is 0 Å². The van der Waals surface area contributed by atoms with Crippen molar-refractivity contribution in [2.45, 2.75) is 64.0 Å². The van der Waals surface area contributed by atoms with E-state index in [4.69, 9.17) is 0 Å². The molecule has 3 nitrogen and oxygen atoms in total. The summed E-state index contributed by atoms with van der Waals surface area (Å²) in [5, 5.41) is 6.44. The van der Waals surface area contributed by atoms with Crippen LogP contribution in [0.1, 0.15) is 51.9 Å². The summed E-state index contributed by atoms with van der Waals surface area (Å²) in [7, 11) is 0. The van der Waals surface area contributed by atoms with Gasteiger partial charge in [0, 0.05) is 6.04 Å². The third-order valence-corrected chi connectivity index (χ3v) is 4.10. The van der Waals surface area contributed by atoms with E-state index >= 15 is 0 Å². The van der Waals surface area contributed by atoms with E-state index in [1.165, 1.54) is 32.1 Å². The normalized spacial score (nSPS) is 27.2. The molecule has 1 saturated carbocycles. The third kappa shape index (κ3) is 4.14. The second-order valence-electron chi connectivity index (χ2n) is 5.34. The van der Waals surface area contributed by atoms with Crippen LogP contribution >= 0.6 is 12.4 Å². The summed E-state index contributed by atoms with van der Waals surface area (Å²) in [4.78, 5) is 11.9. The second-order valence-corrected chi connectivity index (χ2v) is 5.34. The van der Waals surface area contributed by atoms with Gasteiger partial charge in [-0.25, -0.2) is 0 Å². The zero-order chi connectivity index (χ0) is 11.4. The Balaban J connectivity index is 0.00000144. The van der Waals surface area contributed by atoms with E-state index in [0.717, 1.165) is 19.4 Å². The van der Waals surface area contributed by atoms with Crippen molar-refractivity contribution in [3.8, 4) is 0 Å². The van der Waals surface area contributed by atoms with E-state index < -0.39 is 0 Å². The molecule has 2 N–H and O–H groups in total. The number of halogens is 1. The molecule has 2 aliphatic rings. The smallest absolute Gasteiger partial charge is 0.237 e. The number of amides is 1. The van der Waals surface area contributed by atoms with Gasteiger partial charge in [0.2, 0.25) is 5.91 Å². The lowest BCUT2D eigenvalue weighted by Gasteiger charge is -2.29. The van der Waals surface area contributed by atoms with Crippen LogP contribution in [0.4, 0.5) is 0 Å². The minimum Gasteiger partial charge on any atom is -0.352 e. The lowest BCUT2D eigenvalue weighted by Crippen LogP contribution is -2.46. The highest BCUT2D eigenvalue weighted by Gasteiger charge is 2.26. The number of hydrogen-bond acceptors (Lipinski definition) is 2. The van der Waals surface area contributed by atoms with Crippen LogP contribution in [0.5, 0.6) is 0 Å². The number of carbonyl (C=O) groups excluding carboxylic acids is 1. The van der Waals surface area contributed by atoms with Crippen LogP contribution < -0.4 is 10.6 Å². The van der Waals surface area contributed by atoms with Crippen molar-refractivity contribution >= 4 is 18.3 Å². The van der Waals surface area contributed by atoms with Crippen molar-refractivity contribution < 1.29 is 4.79 Å². The van der Waals surface area contributed by atoms with Crippen LogP contribution in [0.25, 0.3) is 0 Å². The first-order valence-electron chi connectivity index (χ1n) is 6.81. The highest BCUT2D eigenvalue weighted by Crippen LogP contribution is 2.26. The van der Waals surface area contributed by atoms with Crippen LogP contribution in [0.3, 0.4) is 0 Å². The van der Waals surface area contributed by atoms with Gasteiger partial charge in [0.15, 0.2) is 0 Å². The molecule has 1 aliphatic heterocycles. The molecule has 0 aromatic heterocycles. The van der Waals surface area contributed by atoms with Crippen LogP contribution in [0, 0.1) is 5.92 Å². The van der Waals surface area contributed by atoms with E-state index in [1.54, 1.807) is 0 Å². The molecule has 2 fully saturated rings. The second kappa shape index (κ2) is 7.22.